The van der Waals surface area contributed by atoms with Crippen LogP contribution in [0.5, 0.6) is 5.75 Å². The normalized spacial score (nSPS) is 15.8. The van der Waals surface area contributed by atoms with Crippen LogP contribution in [0, 0.1) is 0 Å². The van der Waals surface area contributed by atoms with Crippen molar-refractivity contribution in [3.63, 3.8) is 0 Å². The Morgan fingerprint density at radius 1 is 1.38 bits per heavy atom. The number of halogens is 1. The summed E-state index contributed by atoms with van der Waals surface area (Å²) in [5.74, 6) is 1.03. The summed E-state index contributed by atoms with van der Waals surface area (Å²) in [5.41, 5.74) is 1.34. The fraction of sp³-hybridized carbons (Fsp3) is 0.455. The van der Waals surface area contributed by atoms with Crippen LogP contribution >= 0.6 is 15.9 Å². The Morgan fingerprint density at radius 2 is 2.23 bits per heavy atom. The van der Waals surface area contributed by atoms with Crippen LogP contribution in [0.4, 0.5) is 0 Å². The fourth-order valence-corrected chi connectivity index (χ4v) is 1.72. The van der Waals surface area contributed by atoms with Crippen molar-refractivity contribution in [1.82, 2.24) is 0 Å². The Labute approximate surface area is 87.2 Å². The van der Waals surface area contributed by atoms with Crippen LogP contribution in [0.25, 0.3) is 0 Å². The van der Waals surface area contributed by atoms with Crippen LogP contribution in [0.1, 0.15) is 18.4 Å². The average molecular weight is 241 g/mol. The van der Waals surface area contributed by atoms with Gasteiger partial charge in [0.15, 0.2) is 0 Å². The SMILES string of the molecule is BrCCc1cccc(OC2CC2)c1. The van der Waals surface area contributed by atoms with Crippen LogP contribution < -0.4 is 4.74 Å². The number of benzene rings is 1. The van der Waals surface area contributed by atoms with Crippen molar-refractivity contribution in [3.05, 3.63) is 29.8 Å². The van der Waals surface area contributed by atoms with Crippen molar-refractivity contribution in [2.75, 3.05) is 5.33 Å². The van der Waals surface area contributed by atoms with Crippen molar-refractivity contribution in [2.24, 2.45) is 0 Å². The molecule has 0 aliphatic heterocycles. The van der Waals surface area contributed by atoms with Gasteiger partial charge in [0.25, 0.3) is 0 Å². The van der Waals surface area contributed by atoms with E-state index in [1.54, 1.807) is 0 Å². The molecule has 0 heterocycles. The van der Waals surface area contributed by atoms with E-state index in [1.165, 1.54) is 18.4 Å². The van der Waals surface area contributed by atoms with Gasteiger partial charge in [-0.25, -0.2) is 0 Å². The second-order valence-corrected chi connectivity index (χ2v) is 4.20. The van der Waals surface area contributed by atoms with E-state index in [2.05, 4.69) is 34.1 Å². The molecular formula is C11H13BrO. The third-order valence-electron chi connectivity index (χ3n) is 2.11. The van der Waals surface area contributed by atoms with Gasteiger partial charge in [-0.1, -0.05) is 28.1 Å². The lowest BCUT2D eigenvalue weighted by atomic mass is 10.2. The van der Waals surface area contributed by atoms with E-state index in [0.717, 1.165) is 17.5 Å². The van der Waals surface area contributed by atoms with E-state index in [9.17, 15) is 0 Å². The van der Waals surface area contributed by atoms with E-state index in [0.29, 0.717) is 6.10 Å². The maximum atomic E-state index is 5.70. The van der Waals surface area contributed by atoms with Crippen LogP contribution in [-0.2, 0) is 6.42 Å². The molecule has 0 unspecified atom stereocenters. The molecule has 0 N–H and O–H groups in total. The van der Waals surface area contributed by atoms with Gasteiger partial charge in [-0.2, -0.15) is 0 Å². The standard InChI is InChI=1S/C11H13BrO/c12-7-6-9-2-1-3-11(8-9)13-10-4-5-10/h1-3,8,10H,4-7H2. The molecule has 1 fully saturated rings. The van der Waals surface area contributed by atoms with E-state index in [4.69, 9.17) is 4.74 Å². The van der Waals surface area contributed by atoms with Crippen molar-refractivity contribution in [2.45, 2.75) is 25.4 Å². The second kappa shape index (κ2) is 4.14. The number of hydrogen-bond donors (Lipinski definition) is 0. The first-order chi connectivity index (χ1) is 6.38. The first kappa shape index (κ1) is 9.07. The zero-order valence-corrected chi connectivity index (χ0v) is 9.09. The molecule has 1 aliphatic rings. The maximum Gasteiger partial charge on any atom is 0.119 e. The van der Waals surface area contributed by atoms with Crippen molar-refractivity contribution >= 4 is 15.9 Å². The molecule has 13 heavy (non-hydrogen) atoms. The van der Waals surface area contributed by atoms with Gasteiger partial charge < -0.3 is 4.74 Å². The molecule has 1 nitrogen and oxygen atoms in total. The number of alkyl halides is 1. The number of hydrogen-bond acceptors (Lipinski definition) is 1. The molecule has 0 bridgehead atoms. The lowest BCUT2D eigenvalue weighted by molar-refractivity contribution is 0.303. The molecule has 1 aromatic carbocycles. The molecule has 0 spiro atoms. The highest BCUT2D eigenvalue weighted by atomic mass is 79.9. The van der Waals surface area contributed by atoms with Crippen LogP contribution in [0.3, 0.4) is 0 Å². The summed E-state index contributed by atoms with van der Waals surface area (Å²) in [5, 5.41) is 1.01. The molecule has 2 rings (SSSR count). The number of ether oxygens (including phenoxy) is 1. The highest BCUT2D eigenvalue weighted by molar-refractivity contribution is 9.09. The average Bonchev–Trinajstić information content (AvgIpc) is 2.90. The highest BCUT2D eigenvalue weighted by Crippen LogP contribution is 2.27. The van der Waals surface area contributed by atoms with Crippen molar-refractivity contribution in [1.29, 1.82) is 0 Å². The van der Waals surface area contributed by atoms with Crippen LogP contribution in [0.2, 0.25) is 0 Å². The summed E-state index contributed by atoms with van der Waals surface area (Å²) < 4.78 is 5.70. The third-order valence-corrected chi connectivity index (χ3v) is 2.51. The molecule has 0 atom stereocenters. The Bertz CT molecular complexity index is 281. The van der Waals surface area contributed by atoms with E-state index in [1.807, 2.05) is 6.07 Å². The number of rotatable bonds is 4. The minimum atomic E-state index is 0.499. The van der Waals surface area contributed by atoms with E-state index in [-0.39, 0.29) is 0 Å². The smallest absolute Gasteiger partial charge is 0.119 e. The van der Waals surface area contributed by atoms with Crippen LogP contribution in [0.15, 0.2) is 24.3 Å². The third kappa shape index (κ3) is 2.73. The predicted molar refractivity (Wildman–Crippen MR) is 57.6 cm³/mol. The molecule has 0 aromatic heterocycles. The van der Waals surface area contributed by atoms with E-state index >= 15 is 0 Å². The summed E-state index contributed by atoms with van der Waals surface area (Å²) in [6.07, 6.45) is 4.02. The van der Waals surface area contributed by atoms with Gasteiger partial charge in [-0.3, -0.25) is 0 Å². The van der Waals surface area contributed by atoms with Gasteiger partial charge >= 0.3 is 0 Å². The van der Waals surface area contributed by atoms with Crippen molar-refractivity contribution < 1.29 is 4.74 Å². The molecule has 1 saturated carbocycles. The molecule has 0 radical (unpaired) electrons. The predicted octanol–water partition coefficient (Wildman–Crippen LogP) is 3.17. The van der Waals surface area contributed by atoms with Crippen molar-refractivity contribution in [3.8, 4) is 5.75 Å². The number of aryl methyl sites for hydroxylation is 1. The monoisotopic (exact) mass is 240 g/mol. The Kier molecular flexibility index (Phi) is 2.89. The maximum absolute atomic E-state index is 5.70. The fourth-order valence-electron chi connectivity index (χ4n) is 1.26. The summed E-state index contributed by atoms with van der Waals surface area (Å²) in [6, 6.07) is 8.38. The minimum Gasteiger partial charge on any atom is -0.490 e. The molecule has 1 aliphatic carbocycles. The summed E-state index contributed by atoms with van der Waals surface area (Å²) in [6.45, 7) is 0. The van der Waals surface area contributed by atoms with Gasteiger partial charge in [-0.15, -0.1) is 0 Å². The van der Waals surface area contributed by atoms with Gasteiger partial charge in [0.1, 0.15) is 5.75 Å². The van der Waals surface area contributed by atoms with E-state index < -0.39 is 0 Å². The summed E-state index contributed by atoms with van der Waals surface area (Å²) in [7, 11) is 0. The molecular weight excluding hydrogens is 228 g/mol. The zero-order valence-electron chi connectivity index (χ0n) is 7.50. The lowest BCUT2D eigenvalue weighted by Gasteiger charge is -2.05. The van der Waals surface area contributed by atoms with Gasteiger partial charge in [0.05, 0.1) is 6.10 Å². The van der Waals surface area contributed by atoms with Gasteiger partial charge in [0.2, 0.25) is 0 Å². The lowest BCUT2D eigenvalue weighted by Crippen LogP contribution is -1.96. The molecule has 0 saturated heterocycles. The zero-order chi connectivity index (χ0) is 9.10. The summed E-state index contributed by atoms with van der Waals surface area (Å²) in [4.78, 5) is 0. The largest absolute Gasteiger partial charge is 0.490 e. The first-order valence-electron chi connectivity index (χ1n) is 4.70. The van der Waals surface area contributed by atoms with Crippen LogP contribution in [-0.4, -0.2) is 11.4 Å². The second-order valence-electron chi connectivity index (χ2n) is 3.40. The molecule has 0 amide bonds. The summed E-state index contributed by atoms with van der Waals surface area (Å²) >= 11 is 3.43. The quantitative estimate of drug-likeness (QED) is 0.735. The Hall–Kier alpha value is -0.500. The highest BCUT2D eigenvalue weighted by Gasteiger charge is 2.23. The molecule has 1 aromatic rings. The topological polar surface area (TPSA) is 9.23 Å². The van der Waals surface area contributed by atoms with Gasteiger partial charge in [0, 0.05) is 5.33 Å². The Morgan fingerprint density at radius 3 is 2.92 bits per heavy atom. The Balaban J connectivity index is 2.02. The first-order valence-corrected chi connectivity index (χ1v) is 5.82. The molecule has 2 heteroatoms. The van der Waals surface area contributed by atoms with Gasteiger partial charge in [-0.05, 0) is 37.0 Å². The molecule has 70 valence electrons. The minimum absolute atomic E-state index is 0.499.